The van der Waals surface area contributed by atoms with Crippen LogP contribution in [0.15, 0.2) is 78.2 Å². The molecule has 0 radical (unpaired) electrons. The van der Waals surface area contributed by atoms with Crippen molar-refractivity contribution in [2.75, 3.05) is 74.5 Å². The molecule has 0 spiro atoms. The Bertz CT molecular complexity index is 2660. The van der Waals surface area contributed by atoms with Crippen LogP contribution in [0, 0.1) is 13.8 Å². The van der Waals surface area contributed by atoms with E-state index in [1.54, 1.807) is 46.9 Å². The molecule has 350 valence electrons. The van der Waals surface area contributed by atoms with E-state index in [0.29, 0.717) is 49.9 Å². The predicted molar refractivity (Wildman–Crippen MR) is 265 cm³/mol. The number of hydrogen-bond donors (Lipinski definition) is 1. The number of hydrogen-bond acceptors (Lipinski definition) is 12. The van der Waals surface area contributed by atoms with Crippen LogP contribution in [0.5, 0.6) is 0 Å². The van der Waals surface area contributed by atoms with Gasteiger partial charge in [0.25, 0.3) is 0 Å². The summed E-state index contributed by atoms with van der Waals surface area (Å²) >= 11 is 10.5. The third kappa shape index (κ3) is 14.9. The Balaban J connectivity index is 0.000000206. The molecule has 8 rings (SSSR count). The number of nitrogen functional groups attached to an aromatic ring is 1. The number of amides is 2. The van der Waals surface area contributed by atoms with Gasteiger partial charge in [0.1, 0.15) is 24.7 Å². The summed E-state index contributed by atoms with van der Waals surface area (Å²) in [6.45, 7) is 13.6. The number of benzene rings is 2. The second kappa shape index (κ2) is 25.0. The van der Waals surface area contributed by atoms with Crippen LogP contribution in [0.4, 0.5) is 23.0 Å². The van der Waals surface area contributed by atoms with Crippen LogP contribution < -0.4 is 15.5 Å². The Morgan fingerprint density at radius 1 is 0.742 bits per heavy atom. The van der Waals surface area contributed by atoms with Crippen LogP contribution in [0.2, 0.25) is 15.0 Å². The number of nitrogens with zero attached hydrogens (tertiary/aromatic N) is 13. The molecule has 0 saturated carbocycles. The van der Waals surface area contributed by atoms with Gasteiger partial charge < -0.3 is 30.1 Å². The zero-order valence-electron chi connectivity index (χ0n) is 37.3. The third-order valence-electron chi connectivity index (χ3n) is 10.3. The van der Waals surface area contributed by atoms with Crippen molar-refractivity contribution < 1.29 is 19.1 Å². The Kier molecular flexibility index (Phi) is 19.6. The fourth-order valence-electron chi connectivity index (χ4n) is 6.98. The first kappa shape index (κ1) is 51.7. The van der Waals surface area contributed by atoms with Gasteiger partial charge >= 0.3 is 46.3 Å². The van der Waals surface area contributed by atoms with E-state index in [1.165, 1.54) is 6.92 Å². The molecule has 0 unspecified atom stereocenters. The molecule has 2 fully saturated rings. The first-order valence-electron chi connectivity index (χ1n) is 21.0. The summed E-state index contributed by atoms with van der Waals surface area (Å²) in [5.41, 5.74) is 19.9. The first-order chi connectivity index (χ1) is 31.6. The number of halogens is 4. The summed E-state index contributed by atoms with van der Waals surface area (Å²) in [6, 6.07) is 19.0. The minimum absolute atomic E-state index is 0.0158. The average Bonchev–Trinajstić information content (AvgIpc) is 3.88. The molecule has 4 aromatic heterocycles. The van der Waals surface area contributed by atoms with Gasteiger partial charge in [-0.3, -0.25) is 14.4 Å². The molecule has 18 nitrogen and oxygen atoms in total. The fraction of sp³-hybridized carbons (Fsp3) is 0.372. The van der Waals surface area contributed by atoms with Crippen molar-refractivity contribution in [1.29, 1.82) is 0 Å². The van der Waals surface area contributed by atoms with E-state index in [0.717, 1.165) is 69.5 Å². The normalized spacial score (nSPS) is 13.5. The molecule has 6 aromatic rings. The van der Waals surface area contributed by atoms with E-state index >= 15 is 0 Å². The monoisotopic (exact) mass is 1090 g/mol. The molecular formula is C43H52Cl4N14O4Sn. The molecule has 66 heavy (non-hydrogen) atoms. The van der Waals surface area contributed by atoms with Gasteiger partial charge in [-0.05, 0) is 103 Å². The van der Waals surface area contributed by atoms with E-state index in [2.05, 4.69) is 56.9 Å². The van der Waals surface area contributed by atoms with Crippen LogP contribution in [0.25, 0.3) is 32.5 Å². The molecule has 0 aliphatic carbocycles. The van der Waals surface area contributed by atoms with E-state index in [4.69, 9.17) is 52.3 Å². The van der Waals surface area contributed by atoms with Crippen molar-refractivity contribution in [3.05, 3.63) is 105 Å². The summed E-state index contributed by atoms with van der Waals surface area (Å²) in [4.78, 5) is 56.8. The van der Waals surface area contributed by atoms with Crippen molar-refractivity contribution in [2.45, 2.75) is 45.7 Å². The standard InChI is InChI=1S/C19H19ClN8O.C19H21ClN6O.C4H8O2.CH3.2ClH.Sn.H/c1-13-10-15(3-4-16(13)20)26-6-8-27(9-7-26)18(29)12-28-19-14(11-22-28)2-5-17(23-19)24-25-21;1-13-10-15(3-4-16(13)20)24-6-8-25(9-7-24)18(27)12-26-19-14(11-22-26)2-5-17(21)23-19;1-3-6-4(2)5;;;;;/h2-5,10-11H,6-9,12H2,1H3;2-5,10-11H,6-9,12H2,1H3,(H2,21,23);3H2,1-2H3;1H3;2*1H;;/q;;;;;;+2;/p-2. The quantitative estimate of drug-likeness (QED) is 0.0509. The second-order valence-electron chi connectivity index (χ2n) is 15.1. The number of carbonyl (C=O) groups excluding carboxylic acids is 3. The van der Waals surface area contributed by atoms with Gasteiger partial charge in [0.05, 0.1) is 19.0 Å². The Morgan fingerprint density at radius 3 is 1.58 bits per heavy atom. The summed E-state index contributed by atoms with van der Waals surface area (Å²) < 4.78 is 7.56. The molecule has 2 aromatic carbocycles. The summed E-state index contributed by atoms with van der Waals surface area (Å²) in [5, 5.41) is 15.2. The zero-order chi connectivity index (χ0) is 47.9. The molecule has 2 aliphatic heterocycles. The van der Waals surface area contributed by atoms with Crippen molar-refractivity contribution in [2.24, 2.45) is 5.11 Å². The molecular weight excluding hydrogens is 1040 g/mol. The number of esters is 1. The van der Waals surface area contributed by atoms with Crippen LogP contribution >= 0.6 is 41.0 Å². The van der Waals surface area contributed by atoms with Crippen molar-refractivity contribution in [3.8, 4) is 0 Å². The van der Waals surface area contributed by atoms with Crippen molar-refractivity contribution in [1.82, 2.24) is 39.3 Å². The van der Waals surface area contributed by atoms with Gasteiger partial charge in [0.15, 0.2) is 11.3 Å². The van der Waals surface area contributed by atoms with Gasteiger partial charge in [-0.2, -0.15) is 10.2 Å². The van der Waals surface area contributed by atoms with Gasteiger partial charge in [0.2, 0.25) is 11.8 Å². The number of carbonyl (C=O) groups is 3. The number of rotatable bonds is 8. The zero-order valence-corrected chi connectivity index (χ0v) is 43.6. The van der Waals surface area contributed by atoms with Crippen molar-refractivity contribution in [3.63, 3.8) is 0 Å². The number of azide groups is 1. The van der Waals surface area contributed by atoms with Crippen LogP contribution in [0.1, 0.15) is 25.0 Å². The van der Waals surface area contributed by atoms with E-state index in [1.807, 2.05) is 58.9 Å². The molecule has 0 atom stereocenters. The Morgan fingerprint density at radius 2 is 1.18 bits per heavy atom. The maximum atomic E-state index is 12.8. The summed E-state index contributed by atoms with van der Waals surface area (Å²) in [5.74, 6) is 0.483. The second-order valence-corrected chi connectivity index (χ2v) is 29.1. The van der Waals surface area contributed by atoms with Crippen LogP contribution in [-0.4, -0.2) is 134 Å². The fourth-order valence-corrected chi connectivity index (χ4v) is 7.22. The van der Waals surface area contributed by atoms with Gasteiger partial charge in [-0.15, -0.1) is 0 Å². The number of aromatic nitrogens is 6. The topological polar surface area (TPSA) is 210 Å². The average molecular weight is 1090 g/mol. The first-order valence-corrected chi connectivity index (χ1v) is 33.4. The maximum absolute atomic E-state index is 12.8. The minimum atomic E-state index is -1.69. The molecule has 6 heterocycles. The molecule has 2 N–H and O–H groups in total. The number of nitrogens with two attached hydrogens (primary N) is 1. The number of aryl methyl sites for hydroxylation is 2. The van der Waals surface area contributed by atoms with Gasteiger partial charge in [-0.1, -0.05) is 23.2 Å². The van der Waals surface area contributed by atoms with Crippen molar-refractivity contribution >= 4 is 121 Å². The number of ether oxygens (including phenoxy) is 1. The van der Waals surface area contributed by atoms with E-state index in [9.17, 15) is 14.4 Å². The Hall–Kier alpha value is -5.24. The predicted octanol–water partition coefficient (Wildman–Crippen LogP) is 7.89. The molecule has 2 aliphatic rings. The molecule has 2 saturated heterocycles. The summed E-state index contributed by atoms with van der Waals surface area (Å²) in [6.07, 6.45) is 3.35. The number of piperazine rings is 2. The van der Waals surface area contributed by atoms with Crippen LogP contribution in [-0.2, 0) is 32.2 Å². The molecule has 23 heteroatoms. The van der Waals surface area contributed by atoms with Crippen LogP contribution in [0.3, 0.4) is 0 Å². The summed E-state index contributed by atoms with van der Waals surface area (Å²) in [7, 11) is 10.5. The SMILES string of the molecule is CCOC(C)=O.Cc1cc(N2CCN(C(=O)Cn3ncc4ccc(N)nc43)CC2)ccc1Cl.Cc1cc(N2CCN(C(=O)Cn3ncc4ccc(N=[N+]=[N-])nc43)CC2)ccc1Cl.[CH3][SnH]([Cl])[Cl]. The molecule has 0 bridgehead atoms. The van der Waals surface area contributed by atoms with Gasteiger partial charge in [-0.25, -0.2) is 19.3 Å². The van der Waals surface area contributed by atoms with Gasteiger partial charge in [0, 0.05) is 96.4 Å². The third-order valence-corrected chi connectivity index (χ3v) is 11.2. The Labute approximate surface area is 407 Å². The molecule has 2 amide bonds. The number of anilines is 3. The van der Waals surface area contributed by atoms with E-state index in [-0.39, 0.29) is 36.7 Å². The van der Waals surface area contributed by atoms with E-state index < -0.39 is 17.5 Å². The number of pyridine rings is 2. The number of fused-ring (bicyclic) bond motifs is 2.